The van der Waals surface area contributed by atoms with E-state index in [4.69, 9.17) is 0 Å². The quantitative estimate of drug-likeness (QED) is 0.880. The number of rotatable bonds is 3. The monoisotopic (exact) mass is 240 g/mol. The third-order valence-electron chi connectivity index (χ3n) is 3.01. The second-order valence-electron chi connectivity index (χ2n) is 5.11. The molecule has 2 rings (SSSR count). The lowest BCUT2D eigenvalue weighted by Gasteiger charge is -2.20. The number of aromatic nitrogens is 2. The van der Waals surface area contributed by atoms with Crippen molar-refractivity contribution >= 4 is 11.8 Å². The van der Waals surface area contributed by atoms with Gasteiger partial charge < -0.3 is 5.11 Å². The Morgan fingerprint density at radius 2 is 2.44 bits per heavy atom. The molecule has 4 heteroatoms. The summed E-state index contributed by atoms with van der Waals surface area (Å²) in [6.07, 6.45) is 3.56. The third kappa shape index (κ3) is 2.61. The Hall–Kier alpha value is -0.480. The van der Waals surface area contributed by atoms with Gasteiger partial charge in [0.1, 0.15) is 0 Å². The van der Waals surface area contributed by atoms with Crippen LogP contribution in [0.5, 0.6) is 0 Å². The van der Waals surface area contributed by atoms with Gasteiger partial charge in [-0.1, -0.05) is 6.92 Å². The topological polar surface area (TPSA) is 38.0 Å². The van der Waals surface area contributed by atoms with Gasteiger partial charge >= 0.3 is 0 Å². The predicted octanol–water partition coefficient (Wildman–Crippen LogP) is 2.26. The number of hydrogen-bond acceptors (Lipinski definition) is 3. The van der Waals surface area contributed by atoms with Crippen LogP contribution in [0, 0.1) is 0 Å². The molecule has 1 aromatic rings. The molecule has 0 aliphatic carbocycles. The van der Waals surface area contributed by atoms with E-state index in [1.165, 1.54) is 0 Å². The molecular formula is C12H20N2OS. The summed E-state index contributed by atoms with van der Waals surface area (Å²) in [6, 6.07) is 2.41. The Kier molecular flexibility index (Phi) is 3.31. The van der Waals surface area contributed by atoms with Gasteiger partial charge in [-0.25, -0.2) is 0 Å². The van der Waals surface area contributed by atoms with E-state index < -0.39 is 5.60 Å². The van der Waals surface area contributed by atoms with E-state index in [0.29, 0.717) is 17.7 Å². The summed E-state index contributed by atoms with van der Waals surface area (Å²) in [6.45, 7) is 6.40. The lowest BCUT2D eigenvalue weighted by Crippen LogP contribution is -2.31. The molecule has 1 saturated heterocycles. The van der Waals surface area contributed by atoms with Gasteiger partial charge in [-0.05, 0) is 26.3 Å². The maximum absolute atomic E-state index is 10.4. The molecule has 1 aromatic heterocycles. The van der Waals surface area contributed by atoms with Crippen LogP contribution >= 0.6 is 11.8 Å². The normalized spacial score (nSPS) is 30.2. The highest BCUT2D eigenvalue weighted by Crippen LogP contribution is 2.36. The Bertz CT molecular complexity index is 364. The van der Waals surface area contributed by atoms with Crippen LogP contribution in [0.2, 0.25) is 0 Å². The van der Waals surface area contributed by atoms with Crippen molar-refractivity contribution in [1.29, 1.82) is 0 Å². The molecule has 1 fully saturated rings. The van der Waals surface area contributed by atoms with E-state index in [9.17, 15) is 5.11 Å². The maximum Gasteiger partial charge on any atom is 0.0804 e. The molecule has 0 bridgehead atoms. The van der Waals surface area contributed by atoms with Crippen molar-refractivity contribution in [2.75, 3.05) is 5.75 Å². The smallest absolute Gasteiger partial charge is 0.0804 e. The maximum atomic E-state index is 10.4. The lowest BCUT2D eigenvalue weighted by molar-refractivity contribution is 0.0630. The zero-order valence-corrected chi connectivity index (χ0v) is 11.0. The van der Waals surface area contributed by atoms with E-state index in [2.05, 4.69) is 25.9 Å². The lowest BCUT2D eigenvalue weighted by atomic mass is 9.95. The molecule has 0 spiro atoms. The van der Waals surface area contributed by atoms with Crippen molar-refractivity contribution in [2.45, 2.75) is 50.5 Å². The van der Waals surface area contributed by atoms with E-state index >= 15 is 0 Å². The molecular weight excluding hydrogens is 220 g/mol. The van der Waals surface area contributed by atoms with Crippen molar-refractivity contribution in [3.8, 4) is 0 Å². The minimum Gasteiger partial charge on any atom is -0.389 e. The summed E-state index contributed by atoms with van der Waals surface area (Å²) in [7, 11) is 0. The molecule has 1 N–H and O–H groups in total. The Labute approximate surface area is 101 Å². The highest BCUT2D eigenvalue weighted by atomic mass is 32.2. The molecule has 0 amide bonds. The SMILES string of the molecule is CC1CC(O)(Cc2ccn(C(C)C)n2)CS1. The average Bonchev–Trinajstić information content (AvgIpc) is 2.74. The number of hydrogen-bond donors (Lipinski definition) is 1. The van der Waals surface area contributed by atoms with Crippen LogP contribution in [0.1, 0.15) is 38.9 Å². The van der Waals surface area contributed by atoms with Crippen molar-refractivity contribution in [3.63, 3.8) is 0 Å². The molecule has 2 unspecified atom stereocenters. The van der Waals surface area contributed by atoms with Gasteiger partial charge in [0.05, 0.1) is 11.3 Å². The van der Waals surface area contributed by atoms with Crippen LogP contribution in [0.15, 0.2) is 12.3 Å². The summed E-state index contributed by atoms with van der Waals surface area (Å²) < 4.78 is 1.95. The predicted molar refractivity (Wildman–Crippen MR) is 67.8 cm³/mol. The first kappa shape index (κ1) is 12.0. The Morgan fingerprint density at radius 1 is 1.69 bits per heavy atom. The van der Waals surface area contributed by atoms with Crippen molar-refractivity contribution in [3.05, 3.63) is 18.0 Å². The summed E-state index contributed by atoms with van der Waals surface area (Å²) in [5.74, 6) is 0.836. The van der Waals surface area contributed by atoms with Gasteiger partial charge in [0.15, 0.2) is 0 Å². The van der Waals surface area contributed by atoms with E-state index in [-0.39, 0.29) is 0 Å². The van der Waals surface area contributed by atoms with E-state index in [1.54, 1.807) is 0 Å². The summed E-state index contributed by atoms with van der Waals surface area (Å²) in [5.41, 5.74) is 0.464. The fourth-order valence-corrected chi connectivity index (χ4v) is 3.41. The number of aliphatic hydroxyl groups is 1. The molecule has 0 saturated carbocycles. The minimum absolute atomic E-state index is 0.389. The van der Waals surface area contributed by atoms with Crippen molar-refractivity contribution in [1.82, 2.24) is 9.78 Å². The van der Waals surface area contributed by atoms with Gasteiger partial charge in [-0.2, -0.15) is 16.9 Å². The second kappa shape index (κ2) is 4.41. The highest BCUT2D eigenvalue weighted by molar-refractivity contribution is 8.00. The summed E-state index contributed by atoms with van der Waals surface area (Å²) in [4.78, 5) is 0. The first-order chi connectivity index (χ1) is 7.48. The second-order valence-corrected chi connectivity index (χ2v) is 6.53. The van der Waals surface area contributed by atoms with Crippen LogP contribution < -0.4 is 0 Å². The van der Waals surface area contributed by atoms with Crippen LogP contribution in [0.4, 0.5) is 0 Å². The van der Waals surface area contributed by atoms with E-state index in [0.717, 1.165) is 17.9 Å². The fourth-order valence-electron chi connectivity index (χ4n) is 2.17. The zero-order valence-electron chi connectivity index (χ0n) is 10.2. The molecule has 0 aromatic carbocycles. The molecule has 2 heterocycles. The molecule has 0 radical (unpaired) electrons. The number of nitrogens with zero attached hydrogens (tertiary/aromatic N) is 2. The van der Waals surface area contributed by atoms with Gasteiger partial charge in [0.25, 0.3) is 0 Å². The fraction of sp³-hybridized carbons (Fsp3) is 0.750. The molecule has 1 aliphatic rings. The van der Waals surface area contributed by atoms with Crippen LogP contribution in [-0.2, 0) is 6.42 Å². The minimum atomic E-state index is -0.541. The largest absolute Gasteiger partial charge is 0.389 e. The first-order valence-corrected chi connectivity index (χ1v) is 6.91. The Morgan fingerprint density at radius 3 is 2.94 bits per heavy atom. The van der Waals surface area contributed by atoms with Gasteiger partial charge in [-0.3, -0.25) is 4.68 Å². The first-order valence-electron chi connectivity index (χ1n) is 5.86. The summed E-state index contributed by atoms with van der Waals surface area (Å²) >= 11 is 1.85. The highest BCUT2D eigenvalue weighted by Gasteiger charge is 2.36. The number of thioether (sulfide) groups is 1. The third-order valence-corrected chi connectivity index (χ3v) is 4.45. The van der Waals surface area contributed by atoms with Gasteiger partial charge in [-0.15, -0.1) is 0 Å². The molecule has 90 valence electrons. The molecule has 1 aliphatic heterocycles. The zero-order chi connectivity index (χ0) is 11.8. The van der Waals surface area contributed by atoms with Gasteiger partial charge in [0, 0.05) is 29.7 Å². The average molecular weight is 240 g/mol. The van der Waals surface area contributed by atoms with Crippen molar-refractivity contribution in [2.24, 2.45) is 0 Å². The van der Waals surface area contributed by atoms with E-state index in [1.807, 2.05) is 28.7 Å². The van der Waals surface area contributed by atoms with Crippen LogP contribution in [0.25, 0.3) is 0 Å². The molecule has 16 heavy (non-hydrogen) atoms. The van der Waals surface area contributed by atoms with Crippen molar-refractivity contribution < 1.29 is 5.11 Å². The Balaban J connectivity index is 2.03. The standard InChI is InChI=1S/C12H20N2OS/c1-9(2)14-5-4-11(13-14)7-12(15)6-10(3)16-8-12/h4-5,9-10,15H,6-8H2,1-3H3. The van der Waals surface area contributed by atoms with Crippen LogP contribution in [-0.4, -0.2) is 31.5 Å². The van der Waals surface area contributed by atoms with Crippen LogP contribution in [0.3, 0.4) is 0 Å². The van der Waals surface area contributed by atoms with Gasteiger partial charge in [0.2, 0.25) is 0 Å². The molecule has 2 atom stereocenters. The summed E-state index contributed by atoms with van der Waals surface area (Å²) in [5, 5.41) is 15.5. The molecule has 3 nitrogen and oxygen atoms in total.